The monoisotopic (exact) mass is 345 g/mol. The molecule has 0 aromatic heterocycles. The second-order valence-electron chi connectivity index (χ2n) is 3.07. The molecule has 0 aromatic rings. The minimum Gasteiger partial charge on any atom is -0.544 e. The van der Waals surface area contributed by atoms with Crippen LogP contribution in [0.15, 0.2) is 0 Å². The van der Waals surface area contributed by atoms with Crippen molar-refractivity contribution in [1.29, 1.82) is 0 Å². The maximum absolute atomic E-state index is 12.6. The Morgan fingerprint density at radius 3 is 1.29 bits per heavy atom. The predicted molar refractivity (Wildman–Crippen MR) is 33.9 cm³/mol. The van der Waals surface area contributed by atoms with Gasteiger partial charge in [0.1, 0.15) is 5.97 Å². The maximum atomic E-state index is 12.6. The van der Waals surface area contributed by atoms with Crippen LogP contribution < -0.4 is 11.3 Å². The zero-order chi connectivity index (χ0) is 16.8. The van der Waals surface area contributed by atoms with Crippen LogP contribution in [0, 0.1) is 0 Å². The molecule has 0 amide bonds. The number of rotatable bonds is 4. The minimum atomic E-state index is -7.29. The van der Waals surface area contributed by atoms with Gasteiger partial charge in [-0.05, 0) is 0 Å². The first-order chi connectivity index (χ1) is 8.40. The van der Waals surface area contributed by atoms with E-state index in [-0.39, 0.29) is 6.15 Å². The Morgan fingerprint density at radius 2 is 1.10 bits per heavy atom. The summed E-state index contributed by atoms with van der Waals surface area (Å²) >= 11 is 0. The van der Waals surface area contributed by atoms with E-state index in [0.29, 0.717) is 0 Å². The highest BCUT2D eigenvalue weighted by molar-refractivity contribution is 5.74. The van der Waals surface area contributed by atoms with Gasteiger partial charge in [-0.15, -0.1) is 0 Å². The number of carbonyl (C=O) groups excluding carboxylic acids is 1. The van der Waals surface area contributed by atoms with Crippen molar-refractivity contribution >= 4 is 5.97 Å². The molecule has 1 atom stereocenters. The fourth-order valence-electron chi connectivity index (χ4n) is 0.621. The van der Waals surface area contributed by atoms with E-state index in [4.69, 9.17) is 0 Å². The molecular formula is C6H2F11NO3. The van der Waals surface area contributed by atoms with Crippen molar-refractivity contribution in [2.75, 3.05) is 0 Å². The van der Waals surface area contributed by atoms with Crippen molar-refractivity contribution in [2.45, 2.75) is 30.2 Å². The van der Waals surface area contributed by atoms with Crippen LogP contribution in [0.2, 0.25) is 0 Å². The molecule has 0 saturated carbocycles. The van der Waals surface area contributed by atoms with Gasteiger partial charge in [0, 0.05) is 6.15 Å². The third kappa shape index (κ3) is 3.63. The van der Waals surface area contributed by atoms with Gasteiger partial charge in [0.25, 0.3) is 0 Å². The number of nitrogens with two attached hydrogens (primary N) is 1. The largest absolute Gasteiger partial charge is 0.544 e. The number of aliphatic carboxylic acids is 1. The van der Waals surface area contributed by atoms with E-state index < -0.39 is 36.2 Å². The standard InChI is InChI=1S/C6HF11O3.H2N/c7-2(1(18)19,4(10,11)12)20-6(16,17)3(8,9)5(13,14)15;/h(H,18,19);1H2/q;+1/p-1. The summed E-state index contributed by atoms with van der Waals surface area (Å²) in [5.41, 5.74) is 0. The molecule has 0 rings (SSSR count). The second-order valence-corrected chi connectivity index (χ2v) is 3.07. The molecule has 126 valence electrons. The van der Waals surface area contributed by atoms with Gasteiger partial charge < -0.3 is 9.90 Å². The topological polar surface area (TPSA) is 82.9 Å². The molecule has 0 spiro atoms. The molecule has 0 saturated heterocycles. The quantitative estimate of drug-likeness (QED) is 0.685. The maximum Gasteiger partial charge on any atom is 0.462 e. The highest BCUT2D eigenvalue weighted by Crippen LogP contribution is 2.50. The summed E-state index contributed by atoms with van der Waals surface area (Å²) in [5.74, 6) is -18.0. The van der Waals surface area contributed by atoms with Crippen LogP contribution in [0.1, 0.15) is 0 Å². The van der Waals surface area contributed by atoms with Crippen molar-refractivity contribution in [3.05, 3.63) is 0 Å². The molecule has 0 aliphatic heterocycles. The average Bonchev–Trinajstić information content (AvgIpc) is 2.12. The van der Waals surface area contributed by atoms with Gasteiger partial charge in [-0.25, -0.2) is 0 Å². The second kappa shape index (κ2) is 5.43. The lowest BCUT2D eigenvalue weighted by Gasteiger charge is -2.35. The van der Waals surface area contributed by atoms with Crippen molar-refractivity contribution in [1.82, 2.24) is 0 Å². The number of carboxylic acid groups (broad SMARTS) is 1. The molecule has 21 heavy (non-hydrogen) atoms. The molecule has 2 N–H and O–H groups in total. The molecule has 0 aliphatic carbocycles. The first kappa shape index (κ1) is 21.9. The fourth-order valence-corrected chi connectivity index (χ4v) is 0.621. The van der Waals surface area contributed by atoms with Crippen molar-refractivity contribution in [2.24, 2.45) is 0 Å². The lowest BCUT2D eigenvalue weighted by atomic mass is 10.2. The summed E-state index contributed by atoms with van der Waals surface area (Å²) in [4.78, 5) is 9.73. The van der Waals surface area contributed by atoms with Crippen molar-refractivity contribution in [3.8, 4) is 0 Å². The number of hydrogen-bond donors (Lipinski definition) is 0. The van der Waals surface area contributed by atoms with Gasteiger partial charge in [-0.3, -0.25) is 4.74 Å². The number of alkyl halides is 11. The van der Waals surface area contributed by atoms with Crippen LogP contribution in [0.3, 0.4) is 0 Å². The molecule has 15 heteroatoms. The van der Waals surface area contributed by atoms with Crippen molar-refractivity contribution < 1.29 is 69.1 Å². The van der Waals surface area contributed by atoms with Crippen LogP contribution in [0.4, 0.5) is 48.3 Å². The lowest BCUT2D eigenvalue weighted by molar-refractivity contribution is -0.486. The van der Waals surface area contributed by atoms with E-state index in [1.165, 1.54) is 0 Å². The molecule has 0 heterocycles. The summed E-state index contributed by atoms with van der Waals surface area (Å²) in [6.45, 7) is 0. The van der Waals surface area contributed by atoms with Gasteiger partial charge in [0.15, 0.2) is 0 Å². The Balaban J connectivity index is 0. The third-order valence-corrected chi connectivity index (χ3v) is 1.62. The van der Waals surface area contributed by atoms with Crippen LogP contribution in [0.5, 0.6) is 0 Å². The number of ether oxygens (including phenoxy) is 1. The Labute approximate surface area is 107 Å². The minimum absolute atomic E-state index is 0. The van der Waals surface area contributed by atoms with Crippen LogP contribution in [0.25, 0.3) is 0 Å². The van der Waals surface area contributed by atoms with Gasteiger partial charge in [-0.1, -0.05) is 0 Å². The fraction of sp³-hybridized carbons (Fsp3) is 0.833. The zero-order valence-electron chi connectivity index (χ0n) is 8.96. The first-order valence-electron chi connectivity index (χ1n) is 3.90. The van der Waals surface area contributed by atoms with E-state index >= 15 is 0 Å². The number of carboxylic acids is 1. The zero-order valence-corrected chi connectivity index (χ0v) is 8.96. The van der Waals surface area contributed by atoms with Crippen LogP contribution in [-0.2, 0) is 9.53 Å². The number of halogens is 11. The van der Waals surface area contributed by atoms with Gasteiger partial charge in [-0.2, -0.15) is 48.3 Å². The molecule has 0 bridgehead atoms. The Hall–Kier alpha value is -1.38. The normalized spacial score (nSPS) is 16.9. The predicted octanol–water partition coefficient (Wildman–Crippen LogP) is 0.250. The highest BCUT2D eigenvalue weighted by Gasteiger charge is 2.78. The molecule has 0 aromatic carbocycles. The summed E-state index contributed by atoms with van der Waals surface area (Å²) in [6.07, 6.45) is -21.2. The van der Waals surface area contributed by atoms with E-state index in [0.717, 1.165) is 0 Å². The van der Waals surface area contributed by atoms with E-state index in [9.17, 15) is 58.2 Å². The van der Waals surface area contributed by atoms with Crippen LogP contribution >= 0.6 is 0 Å². The van der Waals surface area contributed by atoms with Crippen molar-refractivity contribution in [3.63, 3.8) is 0 Å². The van der Waals surface area contributed by atoms with Crippen LogP contribution in [-0.4, -0.2) is 36.2 Å². The molecule has 2 radical (unpaired) electrons. The Bertz CT molecular complexity index is 388. The summed E-state index contributed by atoms with van der Waals surface area (Å²) in [5, 5.41) is 9.73. The van der Waals surface area contributed by atoms with E-state index in [1.807, 2.05) is 0 Å². The Kier molecular flexibility index (Phi) is 5.67. The lowest BCUT2D eigenvalue weighted by Crippen LogP contribution is -2.64. The van der Waals surface area contributed by atoms with Gasteiger partial charge >= 0.3 is 30.2 Å². The Morgan fingerprint density at radius 1 is 0.762 bits per heavy atom. The summed E-state index contributed by atoms with van der Waals surface area (Å²) in [7, 11) is 0. The molecule has 1 unspecified atom stereocenters. The third-order valence-electron chi connectivity index (χ3n) is 1.62. The molecule has 0 fully saturated rings. The summed E-state index contributed by atoms with van der Waals surface area (Å²) in [6, 6.07) is 0. The molecule has 4 nitrogen and oxygen atoms in total. The highest BCUT2D eigenvalue weighted by atomic mass is 19.4. The van der Waals surface area contributed by atoms with E-state index in [1.54, 1.807) is 4.74 Å². The van der Waals surface area contributed by atoms with Gasteiger partial charge in [0.2, 0.25) is 0 Å². The SMILES string of the molecule is O=C([O-])C(F)(OC(F)(F)C(F)(F)C(F)(F)F)C(F)(F)F.[NH2+]. The molecular weight excluding hydrogens is 343 g/mol. The molecule has 0 aliphatic rings. The van der Waals surface area contributed by atoms with Gasteiger partial charge in [0.05, 0.1) is 0 Å². The average molecular weight is 345 g/mol. The first-order valence-corrected chi connectivity index (χ1v) is 3.90. The number of carbonyl (C=O) groups is 1. The van der Waals surface area contributed by atoms with E-state index in [2.05, 4.69) is 0 Å². The smallest absolute Gasteiger partial charge is 0.462 e. The summed E-state index contributed by atoms with van der Waals surface area (Å²) < 4.78 is 133. The number of hydrogen-bond acceptors (Lipinski definition) is 3.